The van der Waals surface area contributed by atoms with E-state index in [1.54, 1.807) is 0 Å². The summed E-state index contributed by atoms with van der Waals surface area (Å²) in [6.45, 7) is 1.53. The molecule has 2 aromatic rings. The van der Waals surface area contributed by atoms with E-state index in [9.17, 15) is 13.2 Å². The number of halogens is 3. The molecule has 0 fully saturated rings. The van der Waals surface area contributed by atoms with E-state index in [-0.39, 0.29) is 12.5 Å². The molecular formula is C16H21F3N6. The van der Waals surface area contributed by atoms with E-state index < -0.39 is 12.7 Å². The number of nitrogens with zero attached hydrogens (tertiary/aromatic N) is 4. The molecule has 0 aliphatic carbocycles. The number of aliphatic imine (C=N–C) groups is 1. The average Bonchev–Trinajstić information content (AvgIpc) is 2.50. The number of hydrogen-bond acceptors (Lipinski definition) is 4. The van der Waals surface area contributed by atoms with Crippen LogP contribution in [0.3, 0.4) is 0 Å². The van der Waals surface area contributed by atoms with Crippen LogP contribution in [0.15, 0.2) is 29.3 Å². The summed E-state index contributed by atoms with van der Waals surface area (Å²) in [7, 11) is 1.42. The van der Waals surface area contributed by atoms with Gasteiger partial charge < -0.3 is 5.73 Å². The summed E-state index contributed by atoms with van der Waals surface area (Å²) in [6.07, 6.45) is -3.73. The molecule has 0 radical (unpaired) electrons. The van der Waals surface area contributed by atoms with Crippen LogP contribution in [0.4, 0.5) is 19.1 Å². The van der Waals surface area contributed by atoms with Crippen LogP contribution < -0.4 is 11.1 Å². The summed E-state index contributed by atoms with van der Waals surface area (Å²) < 4.78 is 36.6. The van der Waals surface area contributed by atoms with Gasteiger partial charge in [0.1, 0.15) is 0 Å². The van der Waals surface area contributed by atoms with Crippen LogP contribution in [0, 0.1) is 6.92 Å². The molecule has 9 heteroatoms. The van der Waals surface area contributed by atoms with Gasteiger partial charge in [0.2, 0.25) is 5.95 Å². The predicted octanol–water partition coefficient (Wildman–Crippen LogP) is 2.55. The molecule has 0 atom stereocenters. The molecule has 0 bridgehead atoms. The molecule has 136 valence electrons. The van der Waals surface area contributed by atoms with Gasteiger partial charge in [0.05, 0.1) is 17.8 Å². The Hall–Kier alpha value is -2.42. The van der Waals surface area contributed by atoms with E-state index in [1.165, 1.54) is 11.9 Å². The zero-order valence-corrected chi connectivity index (χ0v) is 14.1. The minimum absolute atomic E-state index is 0.133. The molecule has 2 rings (SSSR count). The largest absolute Gasteiger partial charge is 0.401 e. The number of nitrogens with one attached hydrogen (secondary N) is 1. The monoisotopic (exact) mass is 354 g/mol. The van der Waals surface area contributed by atoms with E-state index in [2.05, 4.69) is 20.3 Å². The first kappa shape index (κ1) is 18.9. The zero-order valence-electron chi connectivity index (χ0n) is 14.1. The predicted molar refractivity (Wildman–Crippen MR) is 92.6 cm³/mol. The third-order valence-electron chi connectivity index (χ3n) is 3.46. The van der Waals surface area contributed by atoms with Gasteiger partial charge in [-0.25, -0.2) is 9.97 Å². The molecule has 0 saturated carbocycles. The molecule has 0 spiro atoms. The summed E-state index contributed by atoms with van der Waals surface area (Å²) in [5.41, 5.74) is 7.39. The molecule has 0 amide bonds. The van der Waals surface area contributed by atoms with Crippen molar-refractivity contribution >= 4 is 22.8 Å². The van der Waals surface area contributed by atoms with Crippen LogP contribution in [0.1, 0.15) is 12.1 Å². The average molecular weight is 354 g/mol. The van der Waals surface area contributed by atoms with Crippen molar-refractivity contribution in [3.8, 4) is 0 Å². The first-order valence-electron chi connectivity index (χ1n) is 7.80. The second-order valence-electron chi connectivity index (χ2n) is 5.75. The second-order valence-corrected chi connectivity index (χ2v) is 5.75. The Morgan fingerprint density at radius 1 is 1.28 bits per heavy atom. The fourth-order valence-corrected chi connectivity index (χ4v) is 2.37. The standard InChI is InChI=1S/C16H21F3N6/c1-11-12-6-3-4-7-13(12)23-15(22-11)24-14(20)21-8-5-9-25(2)10-16(17,18)19/h3-4,6-7H,5,8-10H2,1-2H3,(H3,20,21,22,23,24). The SMILES string of the molecule is Cc1nc(NC(N)=NCCCN(C)CC(F)(F)F)nc2ccccc12. The number of alkyl halides is 3. The Kier molecular flexibility index (Phi) is 6.13. The van der Waals surface area contributed by atoms with Crippen LogP contribution in [0.25, 0.3) is 10.9 Å². The maximum Gasteiger partial charge on any atom is 0.401 e. The minimum Gasteiger partial charge on any atom is -0.370 e. The van der Waals surface area contributed by atoms with Gasteiger partial charge >= 0.3 is 6.18 Å². The van der Waals surface area contributed by atoms with Gasteiger partial charge in [0.15, 0.2) is 5.96 Å². The van der Waals surface area contributed by atoms with Crippen molar-refractivity contribution in [1.29, 1.82) is 0 Å². The molecule has 3 N–H and O–H groups in total. The Bertz CT molecular complexity index is 744. The number of anilines is 1. The second kappa shape index (κ2) is 8.11. The van der Waals surface area contributed by atoms with Gasteiger partial charge in [0.25, 0.3) is 0 Å². The highest BCUT2D eigenvalue weighted by Gasteiger charge is 2.28. The summed E-state index contributed by atoms with van der Waals surface area (Å²) in [5.74, 6) is 0.472. The molecular weight excluding hydrogens is 333 g/mol. The highest BCUT2D eigenvalue weighted by Crippen LogP contribution is 2.16. The van der Waals surface area contributed by atoms with Gasteiger partial charge in [0, 0.05) is 11.9 Å². The van der Waals surface area contributed by atoms with Crippen LogP contribution in [-0.4, -0.2) is 53.7 Å². The summed E-state index contributed by atoms with van der Waals surface area (Å²) in [4.78, 5) is 14.0. The third-order valence-corrected chi connectivity index (χ3v) is 3.46. The molecule has 0 aliphatic heterocycles. The molecule has 25 heavy (non-hydrogen) atoms. The topological polar surface area (TPSA) is 79.4 Å². The van der Waals surface area contributed by atoms with E-state index in [0.717, 1.165) is 16.6 Å². The number of aromatic nitrogens is 2. The fraction of sp³-hybridized carbons (Fsp3) is 0.438. The molecule has 0 unspecified atom stereocenters. The van der Waals surface area contributed by atoms with E-state index in [0.29, 0.717) is 18.9 Å². The third kappa shape index (κ3) is 6.18. The lowest BCUT2D eigenvalue weighted by atomic mass is 10.2. The summed E-state index contributed by atoms with van der Waals surface area (Å²) in [5, 5.41) is 3.77. The lowest BCUT2D eigenvalue weighted by Crippen LogP contribution is -2.32. The highest BCUT2D eigenvalue weighted by atomic mass is 19.4. The molecule has 1 aromatic heterocycles. The fourth-order valence-electron chi connectivity index (χ4n) is 2.37. The highest BCUT2D eigenvalue weighted by molar-refractivity contribution is 5.92. The number of benzene rings is 1. The van der Waals surface area contributed by atoms with E-state index in [1.807, 2.05) is 31.2 Å². The van der Waals surface area contributed by atoms with Gasteiger partial charge in [-0.3, -0.25) is 15.2 Å². The van der Waals surface area contributed by atoms with Crippen LogP contribution in [0.2, 0.25) is 0 Å². The van der Waals surface area contributed by atoms with E-state index in [4.69, 9.17) is 5.73 Å². The molecule has 6 nitrogen and oxygen atoms in total. The Balaban J connectivity index is 1.87. The zero-order chi connectivity index (χ0) is 18.4. The van der Waals surface area contributed by atoms with Gasteiger partial charge in [-0.2, -0.15) is 13.2 Å². The van der Waals surface area contributed by atoms with Crippen molar-refractivity contribution in [1.82, 2.24) is 14.9 Å². The van der Waals surface area contributed by atoms with Crippen LogP contribution >= 0.6 is 0 Å². The maximum atomic E-state index is 12.2. The Labute approximate surface area is 144 Å². The molecule has 1 heterocycles. The first-order chi connectivity index (χ1) is 11.7. The van der Waals surface area contributed by atoms with Crippen LogP contribution in [-0.2, 0) is 0 Å². The first-order valence-corrected chi connectivity index (χ1v) is 7.80. The van der Waals surface area contributed by atoms with Crippen molar-refractivity contribution < 1.29 is 13.2 Å². The number of guanidine groups is 1. The molecule has 0 aliphatic rings. The number of nitrogens with two attached hydrogens (primary N) is 1. The van der Waals surface area contributed by atoms with Gasteiger partial charge in [-0.05, 0) is 33.0 Å². The molecule has 0 saturated heterocycles. The Morgan fingerprint density at radius 3 is 2.72 bits per heavy atom. The number of hydrogen-bond donors (Lipinski definition) is 2. The lowest BCUT2D eigenvalue weighted by molar-refractivity contribution is -0.143. The smallest absolute Gasteiger partial charge is 0.370 e. The van der Waals surface area contributed by atoms with E-state index >= 15 is 0 Å². The quantitative estimate of drug-likeness (QED) is 0.473. The summed E-state index contributed by atoms with van der Waals surface area (Å²) in [6, 6.07) is 7.60. The van der Waals surface area contributed by atoms with Crippen molar-refractivity contribution in [3.05, 3.63) is 30.0 Å². The van der Waals surface area contributed by atoms with Crippen molar-refractivity contribution in [2.45, 2.75) is 19.5 Å². The summed E-state index contributed by atoms with van der Waals surface area (Å²) >= 11 is 0. The number of aryl methyl sites for hydroxylation is 1. The Morgan fingerprint density at radius 2 is 2.00 bits per heavy atom. The minimum atomic E-state index is -4.19. The van der Waals surface area contributed by atoms with Crippen LogP contribution in [0.5, 0.6) is 0 Å². The van der Waals surface area contributed by atoms with Crippen molar-refractivity contribution in [3.63, 3.8) is 0 Å². The van der Waals surface area contributed by atoms with Crippen molar-refractivity contribution in [2.75, 3.05) is 32.0 Å². The maximum absolute atomic E-state index is 12.2. The normalized spacial score (nSPS) is 12.8. The number of rotatable bonds is 6. The van der Waals surface area contributed by atoms with Gasteiger partial charge in [-0.15, -0.1) is 0 Å². The number of para-hydroxylation sites is 1. The number of fused-ring (bicyclic) bond motifs is 1. The lowest BCUT2D eigenvalue weighted by Gasteiger charge is -2.17. The molecule has 1 aromatic carbocycles. The van der Waals surface area contributed by atoms with Crippen molar-refractivity contribution in [2.24, 2.45) is 10.7 Å². The van der Waals surface area contributed by atoms with Gasteiger partial charge in [-0.1, -0.05) is 18.2 Å².